The highest BCUT2D eigenvalue weighted by Crippen LogP contribution is 2.48. The smallest absolute Gasteiger partial charge is 0.0599 e. The molecule has 0 aromatic heterocycles. The fourth-order valence-electron chi connectivity index (χ4n) is 2.76. The first-order chi connectivity index (χ1) is 4.80. The Morgan fingerprint density at radius 1 is 1.10 bits per heavy atom. The third kappa shape index (κ3) is 0.731. The minimum Gasteiger partial charge on any atom is -0.393 e. The van der Waals surface area contributed by atoms with E-state index in [-0.39, 0.29) is 6.10 Å². The molecule has 0 aromatic rings. The Labute approximate surface area is 62.4 Å². The van der Waals surface area contributed by atoms with Gasteiger partial charge in [0.2, 0.25) is 0 Å². The van der Waals surface area contributed by atoms with Crippen molar-refractivity contribution in [3.63, 3.8) is 0 Å². The highest BCUT2D eigenvalue weighted by atomic mass is 16.3. The molecule has 2 aliphatic rings. The predicted octanol–water partition coefficient (Wildman–Crippen LogP) is 1.80. The van der Waals surface area contributed by atoms with Gasteiger partial charge in [0, 0.05) is 0 Å². The molecule has 0 amide bonds. The molecule has 2 saturated carbocycles. The van der Waals surface area contributed by atoms with Crippen LogP contribution in [0.15, 0.2) is 0 Å². The molecule has 0 saturated heterocycles. The lowest BCUT2D eigenvalue weighted by Crippen LogP contribution is -2.51. The molecule has 2 fully saturated rings. The Bertz CT molecular complexity index is 117. The minimum atomic E-state index is 0.0466. The van der Waals surface area contributed by atoms with Gasteiger partial charge in [-0.2, -0.15) is 0 Å². The predicted molar refractivity (Wildman–Crippen MR) is 40.6 cm³/mol. The van der Waals surface area contributed by atoms with Crippen LogP contribution in [-0.2, 0) is 0 Å². The van der Waals surface area contributed by atoms with Crippen LogP contribution in [0, 0.1) is 17.8 Å². The normalized spacial score (nSPS) is 53.4. The van der Waals surface area contributed by atoms with Crippen molar-refractivity contribution in [1.29, 1.82) is 0 Å². The number of fused-ring (bicyclic) bond motifs is 1. The quantitative estimate of drug-likeness (QED) is 0.544. The molecule has 58 valence electrons. The number of hydrogen-bond acceptors (Lipinski definition) is 1. The summed E-state index contributed by atoms with van der Waals surface area (Å²) in [4.78, 5) is 0. The molecule has 1 nitrogen and oxygen atoms in total. The van der Waals surface area contributed by atoms with E-state index in [9.17, 15) is 5.11 Å². The minimum absolute atomic E-state index is 0.0466. The molecule has 2 rings (SSSR count). The SMILES string of the molecule is CC1C(O)C2CCCCC12. The van der Waals surface area contributed by atoms with Crippen molar-refractivity contribution in [3.05, 3.63) is 0 Å². The van der Waals surface area contributed by atoms with Gasteiger partial charge in [-0.25, -0.2) is 0 Å². The van der Waals surface area contributed by atoms with Crippen LogP contribution >= 0.6 is 0 Å². The van der Waals surface area contributed by atoms with Crippen molar-refractivity contribution in [3.8, 4) is 0 Å². The van der Waals surface area contributed by atoms with Crippen LogP contribution in [0.25, 0.3) is 0 Å². The maximum absolute atomic E-state index is 9.51. The highest BCUT2D eigenvalue weighted by Gasteiger charge is 2.46. The second-order valence-electron chi connectivity index (χ2n) is 3.96. The van der Waals surface area contributed by atoms with Gasteiger partial charge < -0.3 is 5.11 Å². The zero-order valence-corrected chi connectivity index (χ0v) is 6.59. The van der Waals surface area contributed by atoms with E-state index in [2.05, 4.69) is 6.92 Å². The van der Waals surface area contributed by atoms with Crippen LogP contribution in [-0.4, -0.2) is 11.2 Å². The summed E-state index contributed by atoms with van der Waals surface area (Å²) in [6.07, 6.45) is 5.47. The molecular weight excluding hydrogens is 124 g/mol. The van der Waals surface area contributed by atoms with Crippen molar-refractivity contribution >= 4 is 0 Å². The Balaban J connectivity index is 2.00. The molecule has 4 unspecified atom stereocenters. The lowest BCUT2D eigenvalue weighted by atomic mass is 9.57. The first-order valence-corrected chi connectivity index (χ1v) is 4.49. The van der Waals surface area contributed by atoms with Gasteiger partial charge in [-0.15, -0.1) is 0 Å². The zero-order valence-electron chi connectivity index (χ0n) is 6.59. The molecule has 2 aliphatic carbocycles. The number of rotatable bonds is 0. The number of aliphatic hydroxyl groups excluding tert-OH is 1. The summed E-state index contributed by atoms with van der Waals surface area (Å²) in [5, 5.41) is 9.51. The molecule has 1 N–H and O–H groups in total. The average Bonchev–Trinajstić information content (AvgIpc) is 2.03. The van der Waals surface area contributed by atoms with Crippen LogP contribution in [0.2, 0.25) is 0 Å². The maximum atomic E-state index is 9.51. The summed E-state index contributed by atoms with van der Waals surface area (Å²) in [5.74, 6) is 2.16. The van der Waals surface area contributed by atoms with Crippen molar-refractivity contribution in [2.75, 3.05) is 0 Å². The van der Waals surface area contributed by atoms with Crippen molar-refractivity contribution in [1.82, 2.24) is 0 Å². The average molecular weight is 140 g/mol. The first-order valence-electron chi connectivity index (χ1n) is 4.49. The van der Waals surface area contributed by atoms with Gasteiger partial charge in [-0.3, -0.25) is 0 Å². The molecule has 0 aromatic carbocycles. The largest absolute Gasteiger partial charge is 0.393 e. The fraction of sp³-hybridized carbons (Fsp3) is 1.00. The van der Waals surface area contributed by atoms with Gasteiger partial charge in [0.1, 0.15) is 0 Å². The third-order valence-electron chi connectivity index (χ3n) is 3.53. The Morgan fingerprint density at radius 2 is 1.70 bits per heavy atom. The summed E-state index contributed by atoms with van der Waals surface area (Å²) >= 11 is 0. The van der Waals surface area contributed by atoms with E-state index < -0.39 is 0 Å². The Kier molecular flexibility index (Phi) is 1.48. The summed E-state index contributed by atoms with van der Waals surface area (Å²) in [6, 6.07) is 0. The van der Waals surface area contributed by atoms with E-state index in [0.29, 0.717) is 11.8 Å². The second kappa shape index (κ2) is 2.23. The van der Waals surface area contributed by atoms with Crippen molar-refractivity contribution in [2.24, 2.45) is 17.8 Å². The van der Waals surface area contributed by atoms with E-state index in [4.69, 9.17) is 0 Å². The maximum Gasteiger partial charge on any atom is 0.0599 e. The highest BCUT2D eigenvalue weighted by molar-refractivity contribution is 4.96. The van der Waals surface area contributed by atoms with E-state index in [0.717, 1.165) is 5.92 Å². The van der Waals surface area contributed by atoms with E-state index in [1.165, 1.54) is 25.7 Å². The molecule has 0 heterocycles. The summed E-state index contributed by atoms with van der Waals surface area (Å²) in [7, 11) is 0. The topological polar surface area (TPSA) is 20.2 Å². The van der Waals surface area contributed by atoms with Crippen molar-refractivity contribution < 1.29 is 5.11 Å². The molecule has 0 radical (unpaired) electrons. The van der Waals surface area contributed by atoms with Gasteiger partial charge in [0.15, 0.2) is 0 Å². The van der Waals surface area contributed by atoms with Gasteiger partial charge in [0.25, 0.3) is 0 Å². The fourth-order valence-corrected chi connectivity index (χ4v) is 2.76. The molecule has 4 atom stereocenters. The number of aliphatic hydroxyl groups is 1. The standard InChI is InChI=1S/C9H16O/c1-6-7-4-2-3-5-8(7)9(6)10/h6-10H,2-5H2,1H3. The van der Waals surface area contributed by atoms with E-state index >= 15 is 0 Å². The molecule has 1 heteroatoms. The van der Waals surface area contributed by atoms with Crippen LogP contribution in [0.3, 0.4) is 0 Å². The van der Waals surface area contributed by atoms with Gasteiger partial charge in [0.05, 0.1) is 6.10 Å². The Morgan fingerprint density at radius 3 is 2.30 bits per heavy atom. The van der Waals surface area contributed by atoms with Crippen LogP contribution in [0.5, 0.6) is 0 Å². The monoisotopic (exact) mass is 140 g/mol. The Hall–Kier alpha value is -0.0400. The van der Waals surface area contributed by atoms with Crippen LogP contribution < -0.4 is 0 Å². The first kappa shape index (κ1) is 6.66. The van der Waals surface area contributed by atoms with Gasteiger partial charge in [-0.05, 0) is 30.6 Å². The molecule has 10 heavy (non-hydrogen) atoms. The number of hydrogen-bond donors (Lipinski definition) is 1. The van der Waals surface area contributed by atoms with E-state index in [1.807, 2.05) is 0 Å². The summed E-state index contributed by atoms with van der Waals surface area (Å²) in [5.41, 5.74) is 0. The molecular formula is C9H16O. The second-order valence-corrected chi connectivity index (χ2v) is 3.96. The third-order valence-corrected chi connectivity index (χ3v) is 3.53. The lowest BCUT2D eigenvalue weighted by molar-refractivity contribution is -0.112. The van der Waals surface area contributed by atoms with E-state index in [1.54, 1.807) is 0 Å². The van der Waals surface area contributed by atoms with Crippen LogP contribution in [0.1, 0.15) is 32.6 Å². The zero-order chi connectivity index (χ0) is 7.14. The lowest BCUT2D eigenvalue weighted by Gasteiger charge is -2.50. The molecule has 0 bridgehead atoms. The van der Waals surface area contributed by atoms with Crippen LogP contribution in [0.4, 0.5) is 0 Å². The molecule has 0 aliphatic heterocycles. The van der Waals surface area contributed by atoms with Gasteiger partial charge in [-0.1, -0.05) is 19.8 Å². The molecule has 0 spiro atoms. The van der Waals surface area contributed by atoms with Gasteiger partial charge >= 0.3 is 0 Å². The summed E-state index contributed by atoms with van der Waals surface area (Å²) < 4.78 is 0. The summed E-state index contributed by atoms with van der Waals surface area (Å²) in [6.45, 7) is 2.19. The van der Waals surface area contributed by atoms with Crippen molar-refractivity contribution in [2.45, 2.75) is 38.7 Å².